The fourth-order valence-electron chi connectivity index (χ4n) is 1.80. The molecule has 3 N–H and O–H groups in total. The van der Waals surface area contributed by atoms with Crippen LogP contribution in [-0.2, 0) is 0 Å². The van der Waals surface area contributed by atoms with Gasteiger partial charge in [0.1, 0.15) is 5.01 Å². The van der Waals surface area contributed by atoms with Gasteiger partial charge in [-0.05, 0) is 26.0 Å². The number of nitrogens with one attached hydrogen (secondary N) is 1. The van der Waals surface area contributed by atoms with E-state index in [4.69, 9.17) is 0 Å². The Hall–Kier alpha value is -1.01. The molecule has 1 aromatic carbocycles. The summed E-state index contributed by atoms with van der Waals surface area (Å²) in [6.07, 6.45) is 0. The van der Waals surface area contributed by atoms with Gasteiger partial charge in [-0.2, -0.15) is 0 Å². The smallest absolute Gasteiger partial charge is 0.111 e. The van der Waals surface area contributed by atoms with Gasteiger partial charge in [-0.15, -0.1) is 11.3 Å². The molecule has 1 heterocycles. The average Bonchev–Trinajstić information content (AvgIpc) is 2.82. The normalized spacial score (nSPS) is 14.0. The zero-order valence-electron chi connectivity index (χ0n) is 10.6. The molecule has 98 valence electrons. The molecule has 1 atom stereocenters. The fraction of sp³-hybridized carbons (Fsp3) is 0.462. The van der Waals surface area contributed by atoms with Crippen LogP contribution in [0, 0.1) is 0 Å². The Bertz CT molecular complexity index is 489. The molecular weight excluding hydrogens is 248 g/mol. The van der Waals surface area contributed by atoms with Crippen LogP contribution in [0.3, 0.4) is 0 Å². The van der Waals surface area contributed by atoms with Crippen molar-refractivity contribution in [2.24, 2.45) is 0 Å². The number of benzene rings is 1. The molecule has 0 aliphatic heterocycles. The summed E-state index contributed by atoms with van der Waals surface area (Å²) < 4.78 is 1.15. The molecule has 2 rings (SSSR count). The van der Waals surface area contributed by atoms with Crippen molar-refractivity contribution in [1.82, 2.24) is 10.3 Å². The molecule has 0 aliphatic carbocycles. The average molecular weight is 266 g/mol. The van der Waals surface area contributed by atoms with E-state index in [9.17, 15) is 10.2 Å². The van der Waals surface area contributed by atoms with Gasteiger partial charge in [-0.3, -0.25) is 5.32 Å². The minimum absolute atomic E-state index is 0.00769. The number of aromatic nitrogens is 1. The van der Waals surface area contributed by atoms with Crippen molar-refractivity contribution in [2.75, 3.05) is 13.2 Å². The maximum Gasteiger partial charge on any atom is 0.111 e. The predicted octanol–water partition coefficient (Wildman–Crippen LogP) is 1.69. The van der Waals surface area contributed by atoms with Crippen LogP contribution in [0.1, 0.15) is 24.9 Å². The number of aliphatic hydroxyl groups is 2. The van der Waals surface area contributed by atoms with E-state index in [-0.39, 0.29) is 19.3 Å². The monoisotopic (exact) mass is 266 g/mol. The second-order valence-electron chi connectivity index (χ2n) is 4.76. The minimum atomic E-state index is -0.683. The van der Waals surface area contributed by atoms with E-state index < -0.39 is 5.54 Å². The predicted molar refractivity (Wildman–Crippen MR) is 73.7 cm³/mol. The third kappa shape index (κ3) is 2.70. The Balaban J connectivity index is 2.20. The summed E-state index contributed by atoms with van der Waals surface area (Å²) in [7, 11) is 0. The first kappa shape index (κ1) is 13.4. The molecule has 0 aliphatic rings. The van der Waals surface area contributed by atoms with Crippen molar-refractivity contribution in [3.63, 3.8) is 0 Å². The van der Waals surface area contributed by atoms with E-state index in [2.05, 4.69) is 10.3 Å². The van der Waals surface area contributed by atoms with Crippen molar-refractivity contribution in [3.05, 3.63) is 29.3 Å². The van der Waals surface area contributed by atoms with Crippen LogP contribution in [0.15, 0.2) is 24.3 Å². The first-order valence-corrected chi connectivity index (χ1v) is 6.74. The Morgan fingerprint density at radius 3 is 2.61 bits per heavy atom. The number of para-hydroxylation sites is 1. The molecule has 5 heteroatoms. The van der Waals surface area contributed by atoms with E-state index in [0.717, 1.165) is 15.2 Å². The van der Waals surface area contributed by atoms with Gasteiger partial charge < -0.3 is 10.2 Å². The number of aliphatic hydroxyl groups excluding tert-OH is 2. The van der Waals surface area contributed by atoms with Gasteiger partial charge in [-0.1, -0.05) is 12.1 Å². The lowest BCUT2D eigenvalue weighted by Crippen LogP contribution is -2.49. The van der Waals surface area contributed by atoms with Crippen LogP contribution in [0.4, 0.5) is 0 Å². The number of hydrogen-bond donors (Lipinski definition) is 3. The largest absolute Gasteiger partial charge is 0.394 e. The molecule has 0 saturated heterocycles. The molecular formula is C13H18N2O2S. The topological polar surface area (TPSA) is 65.4 Å². The van der Waals surface area contributed by atoms with Gasteiger partial charge in [0.25, 0.3) is 0 Å². The molecule has 1 aromatic heterocycles. The van der Waals surface area contributed by atoms with Crippen molar-refractivity contribution in [2.45, 2.75) is 25.4 Å². The summed E-state index contributed by atoms with van der Waals surface area (Å²) >= 11 is 1.63. The lowest BCUT2D eigenvalue weighted by Gasteiger charge is -2.29. The van der Waals surface area contributed by atoms with E-state index in [1.807, 2.05) is 31.2 Å². The Labute approximate surface area is 110 Å². The molecule has 0 spiro atoms. The summed E-state index contributed by atoms with van der Waals surface area (Å²) in [4.78, 5) is 4.56. The van der Waals surface area contributed by atoms with Crippen molar-refractivity contribution < 1.29 is 10.2 Å². The number of rotatable bonds is 5. The van der Waals surface area contributed by atoms with Gasteiger partial charge in [0.2, 0.25) is 0 Å². The van der Waals surface area contributed by atoms with E-state index in [1.54, 1.807) is 18.3 Å². The SMILES string of the molecule is CC(NC(C)(CO)CO)c1nc2ccccc2s1. The zero-order valence-corrected chi connectivity index (χ0v) is 11.4. The van der Waals surface area contributed by atoms with Gasteiger partial charge >= 0.3 is 0 Å². The lowest BCUT2D eigenvalue weighted by atomic mass is 10.0. The van der Waals surface area contributed by atoms with Gasteiger partial charge in [-0.25, -0.2) is 4.98 Å². The van der Waals surface area contributed by atoms with Crippen LogP contribution in [0.2, 0.25) is 0 Å². The second kappa shape index (κ2) is 5.32. The third-order valence-corrected chi connectivity index (χ3v) is 4.16. The molecule has 0 saturated carbocycles. The van der Waals surface area contributed by atoms with Crippen LogP contribution >= 0.6 is 11.3 Å². The molecule has 4 nitrogen and oxygen atoms in total. The van der Waals surface area contributed by atoms with Crippen LogP contribution < -0.4 is 5.32 Å². The quantitative estimate of drug-likeness (QED) is 0.770. The Morgan fingerprint density at radius 1 is 1.33 bits per heavy atom. The second-order valence-corrected chi connectivity index (χ2v) is 5.82. The molecule has 0 radical (unpaired) electrons. The summed E-state index contributed by atoms with van der Waals surface area (Å²) in [6, 6.07) is 7.98. The molecule has 1 unspecified atom stereocenters. The third-order valence-electron chi connectivity index (χ3n) is 2.94. The summed E-state index contributed by atoms with van der Waals surface area (Å²) in [5.41, 5.74) is 0.304. The first-order chi connectivity index (χ1) is 8.58. The summed E-state index contributed by atoms with van der Waals surface area (Å²) in [5, 5.41) is 22.7. The van der Waals surface area contributed by atoms with Crippen LogP contribution in [-0.4, -0.2) is 33.9 Å². The molecule has 18 heavy (non-hydrogen) atoms. The van der Waals surface area contributed by atoms with Gasteiger partial charge in [0.15, 0.2) is 0 Å². The highest BCUT2D eigenvalue weighted by atomic mass is 32.1. The van der Waals surface area contributed by atoms with Crippen LogP contribution in [0.25, 0.3) is 10.2 Å². The fourth-order valence-corrected chi connectivity index (χ4v) is 2.77. The minimum Gasteiger partial charge on any atom is -0.394 e. The lowest BCUT2D eigenvalue weighted by molar-refractivity contribution is 0.0957. The van der Waals surface area contributed by atoms with Crippen molar-refractivity contribution in [1.29, 1.82) is 0 Å². The van der Waals surface area contributed by atoms with Crippen LogP contribution in [0.5, 0.6) is 0 Å². The highest BCUT2D eigenvalue weighted by molar-refractivity contribution is 7.18. The number of hydrogen-bond acceptors (Lipinski definition) is 5. The van der Waals surface area contributed by atoms with Gasteiger partial charge in [0, 0.05) is 0 Å². The van der Waals surface area contributed by atoms with E-state index >= 15 is 0 Å². The van der Waals surface area contributed by atoms with Crippen molar-refractivity contribution >= 4 is 21.6 Å². The highest BCUT2D eigenvalue weighted by Gasteiger charge is 2.25. The summed E-state index contributed by atoms with van der Waals surface area (Å²) in [6.45, 7) is 3.55. The molecule has 2 aromatic rings. The Kier molecular flexibility index (Phi) is 3.97. The maximum atomic E-state index is 9.28. The number of nitrogens with zero attached hydrogens (tertiary/aromatic N) is 1. The molecule has 0 bridgehead atoms. The zero-order chi connectivity index (χ0) is 13.2. The van der Waals surface area contributed by atoms with Crippen molar-refractivity contribution in [3.8, 4) is 0 Å². The summed E-state index contributed by atoms with van der Waals surface area (Å²) in [5.74, 6) is 0. The number of thiazole rings is 1. The first-order valence-electron chi connectivity index (χ1n) is 5.93. The van der Waals surface area contributed by atoms with E-state index in [0.29, 0.717) is 0 Å². The highest BCUT2D eigenvalue weighted by Crippen LogP contribution is 2.27. The maximum absolute atomic E-state index is 9.28. The Morgan fingerprint density at radius 2 is 2.00 bits per heavy atom. The molecule has 0 fully saturated rings. The van der Waals surface area contributed by atoms with Gasteiger partial charge in [0.05, 0.1) is 35.0 Å². The standard InChI is InChI=1S/C13H18N2O2S/c1-9(15-13(2,7-16)8-17)12-14-10-5-3-4-6-11(10)18-12/h3-6,9,15-17H,7-8H2,1-2H3. The van der Waals surface area contributed by atoms with E-state index in [1.165, 1.54) is 0 Å². The molecule has 0 amide bonds. The number of fused-ring (bicyclic) bond motifs is 1.